The topological polar surface area (TPSA) is 79.0 Å². The fourth-order valence-electron chi connectivity index (χ4n) is 3.37. The van der Waals surface area contributed by atoms with Crippen LogP contribution >= 0.6 is 0 Å². The first kappa shape index (κ1) is 16.3. The number of nitrogens with zero attached hydrogens (tertiary/aromatic N) is 3. The Morgan fingerprint density at radius 1 is 1.24 bits per heavy atom. The van der Waals surface area contributed by atoms with Gasteiger partial charge in [0.2, 0.25) is 0 Å². The van der Waals surface area contributed by atoms with Crippen LogP contribution in [-0.2, 0) is 10.0 Å². The average molecular weight is 370 g/mol. The quantitative estimate of drug-likeness (QED) is 0.752. The molecule has 6 nitrogen and oxygen atoms in total. The van der Waals surface area contributed by atoms with E-state index in [1.807, 2.05) is 6.07 Å². The molecule has 1 aliphatic heterocycles. The molecular formula is C15H13F3N4O2S. The van der Waals surface area contributed by atoms with Gasteiger partial charge in [0.05, 0.1) is 11.7 Å². The summed E-state index contributed by atoms with van der Waals surface area (Å²) in [5.41, 5.74) is -3.21. The number of hydrogen-bond acceptors (Lipinski definition) is 4. The summed E-state index contributed by atoms with van der Waals surface area (Å²) < 4.78 is 62.1. The number of rotatable bonds is 2. The molecule has 1 atom stereocenters. The van der Waals surface area contributed by atoms with Crippen molar-refractivity contribution in [3.8, 4) is 0 Å². The molecule has 1 aliphatic rings. The van der Waals surface area contributed by atoms with Crippen molar-refractivity contribution < 1.29 is 21.6 Å². The summed E-state index contributed by atoms with van der Waals surface area (Å²) in [7, 11) is -5.30. The van der Waals surface area contributed by atoms with Crippen LogP contribution in [0.5, 0.6) is 0 Å². The van der Waals surface area contributed by atoms with E-state index in [9.17, 15) is 21.6 Å². The van der Waals surface area contributed by atoms with Crippen LogP contribution < -0.4 is 0 Å². The van der Waals surface area contributed by atoms with Gasteiger partial charge in [0.15, 0.2) is 0 Å². The van der Waals surface area contributed by atoms with Crippen molar-refractivity contribution in [1.29, 1.82) is 0 Å². The third-order valence-corrected chi connectivity index (χ3v) is 6.14. The van der Waals surface area contributed by atoms with Gasteiger partial charge in [-0.3, -0.25) is 4.98 Å². The monoisotopic (exact) mass is 370 g/mol. The molecule has 0 radical (unpaired) electrons. The lowest BCUT2D eigenvalue weighted by molar-refractivity contribution is -0.0483. The zero-order chi connectivity index (χ0) is 17.8. The van der Waals surface area contributed by atoms with Crippen LogP contribution in [0.1, 0.15) is 17.9 Å². The molecule has 1 unspecified atom stereocenters. The molecule has 10 heteroatoms. The number of hydrogen-bond donors (Lipinski definition) is 1. The Bertz CT molecular complexity index is 1060. The van der Waals surface area contributed by atoms with Crippen molar-refractivity contribution in [2.45, 2.75) is 17.8 Å². The highest BCUT2D eigenvalue weighted by Crippen LogP contribution is 2.38. The minimum atomic E-state index is -5.30. The summed E-state index contributed by atoms with van der Waals surface area (Å²) in [5.74, 6) is -0.330. The second-order valence-electron chi connectivity index (χ2n) is 5.95. The van der Waals surface area contributed by atoms with Gasteiger partial charge in [0.1, 0.15) is 5.65 Å². The zero-order valence-corrected chi connectivity index (χ0v) is 13.6. The summed E-state index contributed by atoms with van der Waals surface area (Å²) in [6, 6.07) is 3.57. The van der Waals surface area contributed by atoms with E-state index in [1.165, 1.54) is 0 Å². The molecule has 25 heavy (non-hydrogen) atoms. The largest absolute Gasteiger partial charge is 0.511 e. The van der Waals surface area contributed by atoms with Crippen molar-refractivity contribution >= 4 is 32.0 Å². The Morgan fingerprint density at radius 2 is 2.04 bits per heavy atom. The minimum absolute atomic E-state index is 0.155. The first-order valence-corrected chi connectivity index (χ1v) is 9.00. The highest BCUT2D eigenvalue weighted by molar-refractivity contribution is 7.90. The van der Waals surface area contributed by atoms with Gasteiger partial charge in [-0.15, -0.1) is 0 Å². The summed E-state index contributed by atoms with van der Waals surface area (Å²) in [4.78, 5) is 11.5. The number of alkyl halides is 3. The predicted octanol–water partition coefficient (Wildman–Crippen LogP) is 2.75. The molecule has 1 N–H and O–H groups in total. The van der Waals surface area contributed by atoms with Crippen LogP contribution in [0, 0.1) is 0 Å². The van der Waals surface area contributed by atoms with Crippen LogP contribution in [0.25, 0.3) is 21.9 Å². The molecule has 4 heterocycles. The van der Waals surface area contributed by atoms with E-state index in [-0.39, 0.29) is 19.0 Å². The molecule has 0 bridgehead atoms. The Kier molecular flexibility index (Phi) is 3.51. The van der Waals surface area contributed by atoms with Gasteiger partial charge < -0.3 is 4.98 Å². The number of aromatic nitrogens is 3. The highest BCUT2D eigenvalue weighted by Gasteiger charge is 2.51. The van der Waals surface area contributed by atoms with Crippen LogP contribution in [0.3, 0.4) is 0 Å². The van der Waals surface area contributed by atoms with Gasteiger partial charge in [-0.25, -0.2) is 13.4 Å². The summed E-state index contributed by atoms with van der Waals surface area (Å²) in [6.45, 7) is -0.354. The number of fused-ring (bicyclic) bond motifs is 3. The predicted molar refractivity (Wildman–Crippen MR) is 85.3 cm³/mol. The third kappa shape index (κ3) is 2.47. The van der Waals surface area contributed by atoms with Crippen LogP contribution in [0.2, 0.25) is 0 Å². The molecule has 1 fully saturated rings. The number of aromatic amines is 1. The first-order valence-electron chi connectivity index (χ1n) is 7.56. The Balaban J connectivity index is 1.78. The maximum Gasteiger partial charge on any atom is 0.511 e. The first-order chi connectivity index (χ1) is 11.8. The van der Waals surface area contributed by atoms with Gasteiger partial charge in [-0.1, -0.05) is 0 Å². The highest BCUT2D eigenvalue weighted by atomic mass is 32.2. The van der Waals surface area contributed by atoms with E-state index >= 15 is 0 Å². The molecule has 0 aliphatic carbocycles. The fourth-order valence-corrected chi connectivity index (χ4v) is 4.38. The van der Waals surface area contributed by atoms with Gasteiger partial charge >= 0.3 is 15.5 Å². The van der Waals surface area contributed by atoms with Gasteiger partial charge in [0.25, 0.3) is 0 Å². The Hall–Kier alpha value is -2.20. The van der Waals surface area contributed by atoms with E-state index in [4.69, 9.17) is 0 Å². The van der Waals surface area contributed by atoms with Crippen molar-refractivity contribution in [2.24, 2.45) is 0 Å². The Morgan fingerprint density at radius 3 is 2.80 bits per heavy atom. The molecule has 0 amide bonds. The molecule has 132 valence electrons. The third-order valence-electron chi connectivity index (χ3n) is 4.55. The average Bonchev–Trinajstić information content (AvgIpc) is 3.22. The number of nitrogens with one attached hydrogen (secondary N) is 1. The second-order valence-corrected chi connectivity index (χ2v) is 7.88. The molecule has 3 aromatic heterocycles. The van der Waals surface area contributed by atoms with E-state index in [0.29, 0.717) is 21.9 Å². The van der Waals surface area contributed by atoms with E-state index < -0.39 is 15.5 Å². The summed E-state index contributed by atoms with van der Waals surface area (Å²) in [5, 5.41) is 1.61. The van der Waals surface area contributed by atoms with Crippen LogP contribution in [-0.4, -0.2) is 46.3 Å². The van der Waals surface area contributed by atoms with Crippen molar-refractivity contribution in [3.05, 3.63) is 36.3 Å². The van der Waals surface area contributed by atoms with Gasteiger partial charge in [-0.05, 0) is 30.0 Å². The zero-order valence-electron chi connectivity index (χ0n) is 12.8. The summed E-state index contributed by atoms with van der Waals surface area (Å²) >= 11 is 0. The lowest BCUT2D eigenvalue weighted by Gasteiger charge is -2.18. The molecule has 3 aromatic rings. The molecule has 0 aromatic carbocycles. The van der Waals surface area contributed by atoms with E-state index in [1.54, 1.807) is 24.7 Å². The molecular weight excluding hydrogens is 357 g/mol. The van der Waals surface area contributed by atoms with Crippen molar-refractivity contribution in [1.82, 2.24) is 19.3 Å². The normalized spacial score (nSPS) is 19.9. The van der Waals surface area contributed by atoms with Crippen LogP contribution in [0.15, 0.2) is 30.7 Å². The second kappa shape index (κ2) is 5.40. The van der Waals surface area contributed by atoms with Crippen molar-refractivity contribution in [2.75, 3.05) is 13.1 Å². The lowest BCUT2D eigenvalue weighted by atomic mass is 9.94. The maximum atomic E-state index is 12.8. The number of pyridine rings is 2. The molecule has 0 saturated carbocycles. The van der Waals surface area contributed by atoms with E-state index in [0.717, 1.165) is 16.3 Å². The minimum Gasteiger partial charge on any atom is -0.346 e. The standard InChI is InChI=1S/C15H13F3N4O2S/c16-15(17,18)25(23,24)22-6-3-9(8-22)10-1-4-19-12-7-21-14-11(13(10)12)2-5-20-14/h1-2,4-5,7,9H,3,6,8H2,(H,20,21). The van der Waals surface area contributed by atoms with E-state index in [2.05, 4.69) is 15.0 Å². The lowest BCUT2D eigenvalue weighted by Crippen LogP contribution is -2.39. The molecule has 1 saturated heterocycles. The number of H-pyrrole nitrogens is 1. The molecule has 4 rings (SSSR count). The van der Waals surface area contributed by atoms with Gasteiger partial charge in [-0.2, -0.15) is 17.5 Å². The van der Waals surface area contributed by atoms with Gasteiger partial charge in [0, 0.05) is 36.3 Å². The number of sulfonamides is 1. The fraction of sp³-hybridized carbons (Fsp3) is 0.333. The SMILES string of the molecule is O=S(=O)(N1CCC(c2ccnc3cnc4[nH]ccc4c23)C1)C(F)(F)F. The summed E-state index contributed by atoms with van der Waals surface area (Å²) in [6.07, 6.45) is 5.21. The number of halogens is 3. The van der Waals surface area contributed by atoms with Crippen LogP contribution in [0.4, 0.5) is 13.2 Å². The smallest absolute Gasteiger partial charge is 0.346 e. The molecule has 0 spiro atoms. The Labute approximate surface area is 140 Å². The maximum absolute atomic E-state index is 12.8. The van der Waals surface area contributed by atoms with Crippen molar-refractivity contribution in [3.63, 3.8) is 0 Å².